The molecule has 0 aliphatic carbocycles. The fourth-order valence-electron chi connectivity index (χ4n) is 1.98. The average Bonchev–Trinajstić information content (AvgIpc) is 2.59. The number of hydrogen-bond donors (Lipinski definition) is 2. The third kappa shape index (κ3) is 3.80. The summed E-state index contributed by atoms with van der Waals surface area (Å²) in [5.74, 6) is -4.02. The first-order chi connectivity index (χ1) is 11.9. The van der Waals surface area contributed by atoms with Gasteiger partial charge in [-0.1, -0.05) is 17.7 Å². The lowest BCUT2D eigenvalue weighted by molar-refractivity contribution is 0.449. The van der Waals surface area contributed by atoms with E-state index in [2.05, 4.69) is 25.8 Å². The van der Waals surface area contributed by atoms with Crippen LogP contribution in [-0.2, 0) is 0 Å². The molecule has 0 radical (unpaired) electrons. The maximum atomic E-state index is 13.7. The number of anilines is 4. The molecule has 25 heavy (non-hydrogen) atoms. The van der Waals surface area contributed by atoms with Crippen LogP contribution in [0, 0.1) is 24.4 Å². The summed E-state index contributed by atoms with van der Waals surface area (Å²) in [6.07, 6.45) is 1.35. The number of hydrogen-bond acceptors (Lipinski definition) is 5. The first-order valence-electron chi connectivity index (χ1n) is 7.07. The summed E-state index contributed by atoms with van der Waals surface area (Å²) in [6, 6.07) is 7.17. The Kier molecular flexibility index (Phi) is 4.71. The van der Waals surface area contributed by atoms with E-state index in [1.54, 1.807) is 12.1 Å². The zero-order chi connectivity index (χ0) is 18.0. The van der Waals surface area contributed by atoms with Crippen LogP contribution >= 0.6 is 11.6 Å². The van der Waals surface area contributed by atoms with Crippen molar-refractivity contribution in [1.82, 2.24) is 15.2 Å². The summed E-state index contributed by atoms with van der Waals surface area (Å²) in [6.45, 7) is 1.87. The number of aryl methyl sites for hydroxylation is 1. The van der Waals surface area contributed by atoms with Crippen LogP contribution in [0.1, 0.15) is 5.56 Å². The van der Waals surface area contributed by atoms with E-state index in [1.165, 1.54) is 6.20 Å². The van der Waals surface area contributed by atoms with Gasteiger partial charge in [0, 0.05) is 10.7 Å². The molecule has 5 nitrogen and oxygen atoms in total. The second-order valence-electron chi connectivity index (χ2n) is 5.10. The minimum atomic E-state index is -1.58. The van der Waals surface area contributed by atoms with E-state index in [0.717, 1.165) is 17.7 Å². The normalized spacial score (nSPS) is 10.6. The molecular weight excluding hydrogens is 355 g/mol. The lowest BCUT2D eigenvalue weighted by atomic mass is 10.2. The van der Waals surface area contributed by atoms with E-state index < -0.39 is 17.5 Å². The monoisotopic (exact) mass is 365 g/mol. The van der Waals surface area contributed by atoms with E-state index in [9.17, 15) is 13.2 Å². The largest absolute Gasteiger partial charge is 0.339 e. The lowest BCUT2D eigenvalue weighted by Crippen LogP contribution is -2.05. The molecule has 0 spiro atoms. The molecule has 0 aliphatic heterocycles. The van der Waals surface area contributed by atoms with Crippen LogP contribution in [0.4, 0.5) is 36.3 Å². The number of aromatic nitrogens is 3. The van der Waals surface area contributed by atoms with Crippen LogP contribution in [-0.4, -0.2) is 15.2 Å². The van der Waals surface area contributed by atoms with Gasteiger partial charge >= 0.3 is 0 Å². The molecule has 0 bridgehead atoms. The fraction of sp³-hybridized carbons (Fsp3) is 0.0625. The summed E-state index contributed by atoms with van der Waals surface area (Å²) in [4.78, 5) is 4.09. The summed E-state index contributed by atoms with van der Waals surface area (Å²) >= 11 is 6.06. The molecule has 128 valence electrons. The fourth-order valence-corrected chi connectivity index (χ4v) is 2.16. The summed E-state index contributed by atoms with van der Waals surface area (Å²) < 4.78 is 39.9. The second kappa shape index (κ2) is 6.94. The standard InChI is InChI=1S/C16H11ClF3N5/c1-8-2-3-9(6-10(8)17)22-13-7-21-25-16(24-13)23-12-5-4-11(18)14(19)15(12)20/h2-7H,1H3,(H2,22,23,24,25). The smallest absolute Gasteiger partial charge is 0.249 e. The molecule has 2 N–H and O–H groups in total. The van der Waals surface area contributed by atoms with Crippen LogP contribution in [0.15, 0.2) is 36.5 Å². The van der Waals surface area contributed by atoms with Gasteiger partial charge < -0.3 is 10.6 Å². The molecule has 1 aromatic heterocycles. The van der Waals surface area contributed by atoms with E-state index >= 15 is 0 Å². The van der Waals surface area contributed by atoms with Crippen molar-refractivity contribution in [2.24, 2.45) is 0 Å². The Morgan fingerprint density at radius 1 is 1.00 bits per heavy atom. The van der Waals surface area contributed by atoms with Gasteiger partial charge in [0.25, 0.3) is 0 Å². The predicted octanol–water partition coefficient (Wildman–Crippen LogP) is 4.74. The Morgan fingerprint density at radius 3 is 2.56 bits per heavy atom. The summed E-state index contributed by atoms with van der Waals surface area (Å²) in [5, 5.41) is 13.4. The molecule has 0 amide bonds. The minimum absolute atomic E-state index is 0.0897. The number of nitrogens with zero attached hydrogens (tertiary/aromatic N) is 3. The van der Waals surface area contributed by atoms with Crippen LogP contribution in [0.25, 0.3) is 0 Å². The Hall–Kier alpha value is -2.87. The third-order valence-corrected chi connectivity index (χ3v) is 3.69. The molecule has 0 fully saturated rings. The van der Waals surface area contributed by atoms with E-state index in [-0.39, 0.29) is 11.6 Å². The van der Waals surface area contributed by atoms with Crippen molar-refractivity contribution in [3.63, 3.8) is 0 Å². The number of halogens is 4. The molecule has 0 aliphatic rings. The van der Waals surface area contributed by atoms with Crippen LogP contribution in [0.3, 0.4) is 0 Å². The maximum Gasteiger partial charge on any atom is 0.249 e. The van der Waals surface area contributed by atoms with E-state index in [1.807, 2.05) is 13.0 Å². The van der Waals surface area contributed by atoms with Crippen LogP contribution in [0.5, 0.6) is 0 Å². The van der Waals surface area contributed by atoms with Crippen molar-refractivity contribution in [2.45, 2.75) is 6.92 Å². The van der Waals surface area contributed by atoms with Gasteiger partial charge in [0.05, 0.1) is 11.9 Å². The molecule has 0 unspecified atom stereocenters. The molecule has 0 saturated heterocycles. The molecule has 1 heterocycles. The van der Waals surface area contributed by atoms with Crippen molar-refractivity contribution in [1.29, 1.82) is 0 Å². The highest BCUT2D eigenvalue weighted by Gasteiger charge is 2.14. The molecule has 3 rings (SSSR count). The number of nitrogens with one attached hydrogen (secondary N) is 2. The highest BCUT2D eigenvalue weighted by molar-refractivity contribution is 6.31. The third-order valence-electron chi connectivity index (χ3n) is 3.28. The first-order valence-corrected chi connectivity index (χ1v) is 7.45. The van der Waals surface area contributed by atoms with Crippen molar-refractivity contribution < 1.29 is 13.2 Å². The van der Waals surface area contributed by atoms with Gasteiger partial charge in [-0.15, -0.1) is 5.10 Å². The highest BCUT2D eigenvalue weighted by atomic mass is 35.5. The van der Waals surface area contributed by atoms with Gasteiger partial charge in [0.15, 0.2) is 23.3 Å². The van der Waals surface area contributed by atoms with Gasteiger partial charge in [-0.25, -0.2) is 13.2 Å². The molecular formula is C16H11ClF3N5. The van der Waals surface area contributed by atoms with Gasteiger partial charge in [0.1, 0.15) is 0 Å². The van der Waals surface area contributed by atoms with Crippen molar-refractivity contribution in [3.05, 3.63) is 64.6 Å². The molecule has 3 aromatic rings. The first kappa shape index (κ1) is 17.0. The zero-order valence-electron chi connectivity index (χ0n) is 12.8. The molecule has 0 saturated carbocycles. The quantitative estimate of drug-likeness (QED) is 0.654. The summed E-state index contributed by atoms with van der Waals surface area (Å²) in [7, 11) is 0. The Morgan fingerprint density at radius 2 is 1.80 bits per heavy atom. The SMILES string of the molecule is Cc1ccc(Nc2cnnc(Nc3ccc(F)c(F)c3F)n2)cc1Cl. The van der Waals surface area contributed by atoms with Crippen molar-refractivity contribution >= 4 is 34.7 Å². The molecule has 0 atom stereocenters. The Labute approximate surface area is 145 Å². The molecule has 2 aromatic carbocycles. The van der Waals surface area contributed by atoms with Gasteiger partial charge in [-0.2, -0.15) is 10.1 Å². The van der Waals surface area contributed by atoms with Gasteiger partial charge in [0.2, 0.25) is 5.95 Å². The lowest BCUT2D eigenvalue weighted by Gasteiger charge is -2.09. The topological polar surface area (TPSA) is 62.7 Å². The summed E-state index contributed by atoms with van der Waals surface area (Å²) in [5.41, 5.74) is 1.28. The maximum absolute atomic E-state index is 13.7. The Balaban J connectivity index is 1.82. The zero-order valence-corrected chi connectivity index (χ0v) is 13.6. The predicted molar refractivity (Wildman–Crippen MR) is 88.9 cm³/mol. The van der Waals surface area contributed by atoms with Crippen LogP contribution < -0.4 is 10.6 Å². The van der Waals surface area contributed by atoms with Crippen molar-refractivity contribution in [2.75, 3.05) is 10.6 Å². The minimum Gasteiger partial charge on any atom is -0.339 e. The van der Waals surface area contributed by atoms with E-state index in [4.69, 9.17) is 11.6 Å². The van der Waals surface area contributed by atoms with Crippen molar-refractivity contribution in [3.8, 4) is 0 Å². The molecule has 9 heteroatoms. The Bertz CT molecular complexity index is 936. The number of benzene rings is 2. The average molecular weight is 366 g/mol. The van der Waals surface area contributed by atoms with Crippen LogP contribution in [0.2, 0.25) is 5.02 Å². The number of rotatable bonds is 4. The highest BCUT2D eigenvalue weighted by Crippen LogP contribution is 2.24. The van der Waals surface area contributed by atoms with E-state index in [0.29, 0.717) is 16.5 Å². The van der Waals surface area contributed by atoms with Gasteiger partial charge in [-0.3, -0.25) is 0 Å². The van der Waals surface area contributed by atoms with Gasteiger partial charge in [-0.05, 0) is 36.8 Å². The second-order valence-corrected chi connectivity index (χ2v) is 5.51.